The van der Waals surface area contributed by atoms with Crippen LogP contribution in [0.4, 0.5) is 0 Å². The van der Waals surface area contributed by atoms with Crippen molar-refractivity contribution in [2.24, 2.45) is 0 Å². The fourth-order valence-corrected chi connectivity index (χ4v) is 2.78. The lowest BCUT2D eigenvalue weighted by molar-refractivity contribution is 0.242. The Morgan fingerprint density at radius 2 is 1.55 bits per heavy atom. The normalized spacial score (nSPS) is 11.8. The number of rotatable bonds is 12. The van der Waals surface area contributed by atoms with Gasteiger partial charge in [0, 0.05) is 6.07 Å². The highest BCUT2D eigenvalue weighted by atomic mass is 16.5. The van der Waals surface area contributed by atoms with Crippen LogP contribution in [-0.4, -0.2) is 19.3 Å². The molecule has 5 heteroatoms. The second-order valence-corrected chi connectivity index (χ2v) is 6.91. The van der Waals surface area contributed by atoms with E-state index >= 15 is 0 Å². The van der Waals surface area contributed by atoms with E-state index in [1.165, 1.54) is 0 Å². The van der Waals surface area contributed by atoms with Crippen molar-refractivity contribution in [3.63, 3.8) is 0 Å². The number of fused-ring (bicyclic) bond motifs is 1. The van der Waals surface area contributed by atoms with Crippen molar-refractivity contribution in [1.29, 1.82) is 0 Å². The van der Waals surface area contributed by atoms with E-state index in [9.17, 15) is 4.79 Å². The molecular formula is C24H32O5. The molecule has 0 radical (unpaired) electrons. The maximum absolute atomic E-state index is 12.6. The predicted molar refractivity (Wildman–Crippen MR) is 117 cm³/mol. The van der Waals surface area contributed by atoms with Crippen LogP contribution in [-0.2, 0) is 0 Å². The van der Waals surface area contributed by atoms with Gasteiger partial charge in [-0.25, -0.2) is 4.79 Å². The number of hydrogen-bond donors (Lipinski definition) is 0. The van der Waals surface area contributed by atoms with E-state index in [2.05, 4.69) is 32.1 Å². The van der Waals surface area contributed by atoms with Gasteiger partial charge in [0.25, 0.3) is 0 Å². The second kappa shape index (κ2) is 12.0. The Labute approximate surface area is 173 Å². The minimum atomic E-state index is -0.544. The average Bonchev–Trinajstić information content (AvgIpc) is 2.68. The fraction of sp³-hybridized carbons (Fsp3) is 0.458. The Balaban J connectivity index is 2.33. The van der Waals surface area contributed by atoms with Crippen molar-refractivity contribution in [2.45, 2.75) is 59.5 Å². The van der Waals surface area contributed by atoms with Crippen LogP contribution in [0.25, 0.3) is 11.0 Å². The monoisotopic (exact) mass is 400 g/mol. The smallest absolute Gasteiger partial charge is 0.383 e. The van der Waals surface area contributed by atoms with E-state index in [0.717, 1.165) is 19.3 Å². The maximum atomic E-state index is 12.6. The summed E-state index contributed by atoms with van der Waals surface area (Å²) in [7, 11) is 0. The first kappa shape index (κ1) is 22.6. The van der Waals surface area contributed by atoms with Crippen LogP contribution in [0, 0.1) is 0 Å². The zero-order chi connectivity index (χ0) is 21.1. The first-order valence-corrected chi connectivity index (χ1v) is 10.4. The molecule has 2 aromatic rings. The minimum absolute atomic E-state index is 0.0269. The molecule has 0 saturated heterocycles. The molecule has 0 atom stereocenters. The summed E-state index contributed by atoms with van der Waals surface area (Å²) in [6.45, 7) is 8.89. The number of allylic oxidation sites excluding steroid dienone is 2. The van der Waals surface area contributed by atoms with Gasteiger partial charge in [-0.05, 0) is 51.7 Å². The Morgan fingerprint density at radius 1 is 0.931 bits per heavy atom. The molecule has 0 bridgehead atoms. The van der Waals surface area contributed by atoms with Crippen LogP contribution in [0.3, 0.4) is 0 Å². The maximum Gasteiger partial charge on any atom is 0.383 e. The van der Waals surface area contributed by atoms with Gasteiger partial charge in [-0.2, -0.15) is 0 Å². The third kappa shape index (κ3) is 7.00. The van der Waals surface area contributed by atoms with Gasteiger partial charge in [-0.1, -0.05) is 38.2 Å². The lowest BCUT2D eigenvalue weighted by atomic mass is 10.2. The molecule has 0 saturated carbocycles. The van der Waals surface area contributed by atoms with E-state index in [0.29, 0.717) is 42.1 Å². The molecule has 29 heavy (non-hydrogen) atoms. The highest BCUT2D eigenvalue weighted by Crippen LogP contribution is 2.35. The highest BCUT2D eigenvalue weighted by molar-refractivity contribution is 5.86. The molecule has 1 aromatic carbocycles. The third-order valence-corrected chi connectivity index (χ3v) is 4.03. The molecule has 2 rings (SSSR count). The average molecular weight is 401 g/mol. The first-order chi connectivity index (χ1) is 14.1. The number of benzene rings is 1. The summed E-state index contributed by atoms with van der Waals surface area (Å²) in [4.78, 5) is 12.6. The lowest BCUT2D eigenvalue weighted by Gasteiger charge is -2.14. The predicted octanol–water partition coefficient (Wildman–Crippen LogP) is 6.05. The molecule has 0 amide bonds. The SMILES string of the molecule is CCC=CCCOc1c(OCCC=CCC)c2ccc(OC(C)C)cc2oc1=O. The Morgan fingerprint density at radius 3 is 2.14 bits per heavy atom. The molecule has 0 fully saturated rings. The molecule has 0 unspecified atom stereocenters. The summed E-state index contributed by atoms with van der Waals surface area (Å²) in [6, 6.07) is 5.41. The van der Waals surface area contributed by atoms with Crippen molar-refractivity contribution in [3.05, 3.63) is 52.9 Å². The van der Waals surface area contributed by atoms with E-state index < -0.39 is 5.63 Å². The molecular weight excluding hydrogens is 368 g/mol. The zero-order valence-electron chi connectivity index (χ0n) is 17.9. The Kier molecular flexibility index (Phi) is 9.35. The number of hydrogen-bond acceptors (Lipinski definition) is 5. The van der Waals surface area contributed by atoms with Crippen molar-refractivity contribution in [1.82, 2.24) is 0 Å². The second-order valence-electron chi connectivity index (χ2n) is 6.91. The summed E-state index contributed by atoms with van der Waals surface area (Å²) < 4.78 is 23.0. The van der Waals surface area contributed by atoms with Crippen LogP contribution in [0.15, 0.2) is 51.7 Å². The third-order valence-electron chi connectivity index (χ3n) is 4.03. The van der Waals surface area contributed by atoms with E-state index in [-0.39, 0.29) is 11.9 Å². The van der Waals surface area contributed by atoms with E-state index in [1.807, 2.05) is 32.1 Å². The van der Waals surface area contributed by atoms with Gasteiger partial charge in [0.2, 0.25) is 5.75 Å². The molecule has 158 valence electrons. The minimum Gasteiger partial charge on any atom is -0.491 e. The van der Waals surface area contributed by atoms with E-state index in [1.54, 1.807) is 6.07 Å². The van der Waals surface area contributed by atoms with Crippen LogP contribution >= 0.6 is 0 Å². The Bertz CT molecular complexity index is 877. The molecule has 0 aliphatic rings. The first-order valence-electron chi connectivity index (χ1n) is 10.4. The van der Waals surface area contributed by atoms with Crippen LogP contribution in [0.2, 0.25) is 0 Å². The summed E-state index contributed by atoms with van der Waals surface area (Å²) >= 11 is 0. The van der Waals surface area contributed by atoms with Gasteiger partial charge < -0.3 is 18.6 Å². The summed E-state index contributed by atoms with van der Waals surface area (Å²) in [6.07, 6.45) is 11.7. The Hall–Kier alpha value is -2.69. The van der Waals surface area contributed by atoms with Crippen molar-refractivity contribution in [3.8, 4) is 17.2 Å². The van der Waals surface area contributed by atoms with Gasteiger partial charge in [0.15, 0.2) is 5.75 Å². The summed E-state index contributed by atoms with van der Waals surface area (Å²) in [5.74, 6) is 1.20. The molecule has 0 N–H and O–H groups in total. The van der Waals surface area contributed by atoms with Gasteiger partial charge in [-0.3, -0.25) is 0 Å². The molecule has 0 aliphatic carbocycles. The zero-order valence-corrected chi connectivity index (χ0v) is 17.9. The molecule has 5 nitrogen and oxygen atoms in total. The van der Waals surface area contributed by atoms with Crippen molar-refractivity contribution in [2.75, 3.05) is 13.2 Å². The molecule has 1 aromatic heterocycles. The molecule has 0 aliphatic heterocycles. The van der Waals surface area contributed by atoms with Gasteiger partial charge >= 0.3 is 5.63 Å². The van der Waals surface area contributed by atoms with Gasteiger partial charge in [0.05, 0.1) is 24.7 Å². The summed E-state index contributed by atoms with van der Waals surface area (Å²) in [5, 5.41) is 0.694. The van der Waals surface area contributed by atoms with Crippen LogP contribution in [0.5, 0.6) is 17.2 Å². The van der Waals surface area contributed by atoms with Crippen molar-refractivity contribution >= 4 is 11.0 Å². The van der Waals surface area contributed by atoms with Gasteiger partial charge in [-0.15, -0.1) is 0 Å². The topological polar surface area (TPSA) is 57.9 Å². The number of ether oxygens (including phenoxy) is 3. The largest absolute Gasteiger partial charge is 0.491 e. The molecule has 0 spiro atoms. The van der Waals surface area contributed by atoms with Crippen LogP contribution in [0.1, 0.15) is 53.4 Å². The molecule has 1 heterocycles. The van der Waals surface area contributed by atoms with E-state index in [4.69, 9.17) is 18.6 Å². The quantitative estimate of drug-likeness (QED) is 0.247. The van der Waals surface area contributed by atoms with Crippen LogP contribution < -0.4 is 19.8 Å². The fourth-order valence-electron chi connectivity index (χ4n) is 2.78. The van der Waals surface area contributed by atoms with Gasteiger partial charge in [0.1, 0.15) is 11.3 Å². The standard InChI is InChI=1S/C24H32O5/c1-5-7-9-11-15-26-22-20-14-13-19(28-18(3)4)17-21(20)29-24(25)23(22)27-16-12-10-8-6-2/h7-10,13-14,17-18H,5-6,11-12,15-16H2,1-4H3. The van der Waals surface area contributed by atoms with Crippen molar-refractivity contribution < 1.29 is 18.6 Å². The lowest BCUT2D eigenvalue weighted by Crippen LogP contribution is -2.12. The summed E-state index contributed by atoms with van der Waals surface area (Å²) in [5.41, 5.74) is -0.122. The highest BCUT2D eigenvalue weighted by Gasteiger charge is 2.18.